The summed E-state index contributed by atoms with van der Waals surface area (Å²) in [7, 11) is 3.30. The Morgan fingerprint density at radius 1 is 1.10 bits per heavy atom. The topological polar surface area (TPSA) is 100 Å². The van der Waals surface area contributed by atoms with Gasteiger partial charge in [-0.05, 0) is 53.8 Å². The standard InChI is InChI=1S/C22H25N5O3S/c1-4-14-5-6-17(28-2)20(9-14)31-26-22-21-18(29-3)7-15(8-19(21)30-25-22)12-27-13-16(10-23)11-24-27/h5-9,11,13H,4,10,12,23H2,1-3H3,(H,25,26). The monoisotopic (exact) mass is 439 g/mol. The van der Waals surface area contributed by atoms with Gasteiger partial charge in [-0.2, -0.15) is 5.10 Å². The largest absolute Gasteiger partial charge is 0.496 e. The van der Waals surface area contributed by atoms with E-state index >= 15 is 0 Å². The highest BCUT2D eigenvalue weighted by molar-refractivity contribution is 8.00. The Morgan fingerprint density at radius 2 is 1.94 bits per heavy atom. The van der Waals surface area contributed by atoms with E-state index in [1.165, 1.54) is 17.5 Å². The molecule has 31 heavy (non-hydrogen) atoms. The van der Waals surface area contributed by atoms with Gasteiger partial charge in [0, 0.05) is 18.3 Å². The Hall–Kier alpha value is -3.17. The lowest BCUT2D eigenvalue weighted by molar-refractivity contribution is 0.404. The molecule has 0 radical (unpaired) electrons. The molecule has 8 nitrogen and oxygen atoms in total. The Labute approximate surface area is 184 Å². The number of nitrogens with one attached hydrogen (secondary N) is 1. The fourth-order valence-corrected chi connectivity index (χ4v) is 4.13. The number of nitrogens with two attached hydrogens (primary N) is 1. The van der Waals surface area contributed by atoms with Crippen LogP contribution in [0.4, 0.5) is 5.82 Å². The Balaban J connectivity index is 1.60. The molecule has 2 heterocycles. The molecule has 2 aromatic heterocycles. The maximum atomic E-state index is 5.67. The lowest BCUT2D eigenvalue weighted by Crippen LogP contribution is -2.01. The molecule has 3 N–H and O–H groups in total. The van der Waals surface area contributed by atoms with E-state index in [0.29, 0.717) is 30.2 Å². The fraction of sp³-hybridized carbons (Fsp3) is 0.273. The highest BCUT2D eigenvalue weighted by Crippen LogP contribution is 2.37. The van der Waals surface area contributed by atoms with Crippen molar-refractivity contribution in [1.82, 2.24) is 14.9 Å². The van der Waals surface area contributed by atoms with Crippen molar-refractivity contribution in [2.24, 2.45) is 5.73 Å². The molecule has 162 valence electrons. The van der Waals surface area contributed by atoms with Gasteiger partial charge in [-0.15, -0.1) is 0 Å². The van der Waals surface area contributed by atoms with Crippen LogP contribution in [-0.2, 0) is 19.5 Å². The first-order chi connectivity index (χ1) is 15.1. The van der Waals surface area contributed by atoms with Crippen LogP contribution < -0.4 is 19.9 Å². The van der Waals surface area contributed by atoms with Crippen LogP contribution in [0.15, 0.2) is 52.1 Å². The summed E-state index contributed by atoms with van der Waals surface area (Å²) < 4.78 is 21.8. The van der Waals surface area contributed by atoms with E-state index in [1.807, 2.05) is 29.1 Å². The predicted molar refractivity (Wildman–Crippen MR) is 122 cm³/mol. The lowest BCUT2D eigenvalue weighted by Gasteiger charge is -2.11. The van der Waals surface area contributed by atoms with Crippen LogP contribution in [-0.4, -0.2) is 29.2 Å². The molecule has 4 aromatic rings. The zero-order chi connectivity index (χ0) is 21.8. The Kier molecular flexibility index (Phi) is 6.34. The fourth-order valence-electron chi connectivity index (χ4n) is 3.32. The van der Waals surface area contributed by atoms with Crippen molar-refractivity contribution in [3.63, 3.8) is 0 Å². The van der Waals surface area contributed by atoms with Crippen molar-refractivity contribution in [2.45, 2.75) is 31.3 Å². The normalized spacial score (nSPS) is 11.1. The first kappa shape index (κ1) is 21.1. The Morgan fingerprint density at radius 3 is 2.65 bits per heavy atom. The number of aromatic nitrogens is 3. The smallest absolute Gasteiger partial charge is 0.191 e. The molecule has 0 saturated heterocycles. The van der Waals surface area contributed by atoms with E-state index in [-0.39, 0.29) is 0 Å². The van der Waals surface area contributed by atoms with Crippen LogP contribution in [0.2, 0.25) is 0 Å². The number of ether oxygens (including phenoxy) is 2. The molecule has 0 amide bonds. The minimum Gasteiger partial charge on any atom is -0.496 e. The minimum absolute atomic E-state index is 0.461. The number of fused-ring (bicyclic) bond motifs is 1. The van der Waals surface area contributed by atoms with E-state index in [0.717, 1.165) is 33.6 Å². The number of aryl methyl sites for hydroxylation is 1. The highest BCUT2D eigenvalue weighted by atomic mass is 32.2. The number of benzene rings is 2. The summed E-state index contributed by atoms with van der Waals surface area (Å²) in [6, 6.07) is 10.1. The van der Waals surface area contributed by atoms with Gasteiger partial charge in [0.1, 0.15) is 16.9 Å². The average Bonchev–Trinajstić information content (AvgIpc) is 3.43. The number of hydrogen-bond donors (Lipinski definition) is 2. The molecule has 0 spiro atoms. The SMILES string of the molecule is CCc1ccc(OC)c(SNc2noc3cc(Cn4cc(CN)cn4)cc(OC)c23)c1. The van der Waals surface area contributed by atoms with E-state index in [1.54, 1.807) is 20.4 Å². The second kappa shape index (κ2) is 9.32. The van der Waals surface area contributed by atoms with Crippen LogP contribution in [0.3, 0.4) is 0 Å². The molecule has 0 aliphatic carbocycles. The van der Waals surface area contributed by atoms with E-state index in [9.17, 15) is 0 Å². The van der Waals surface area contributed by atoms with E-state index < -0.39 is 0 Å². The molecule has 0 aliphatic rings. The molecule has 0 aliphatic heterocycles. The van der Waals surface area contributed by atoms with Crippen molar-refractivity contribution < 1.29 is 14.0 Å². The number of hydrogen-bond acceptors (Lipinski definition) is 8. The quantitative estimate of drug-likeness (QED) is 0.374. The molecule has 0 atom stereocenters. The van der Waals surface area contributed by atoms with Crippen molar-refractivity contribution >= 4 is 28.7 Å². The van der Waals surface area contributed by atoms with Gasteiger partial charge < -0.3 is 24.5 Å². The molecule has 2 aromatic carbocycles. The summed E-state index contributed by atoms with van der Waals surface area (Å²) in [5.74, 6) is 2.07. The van der Waals surface area contributed by atoms with Gasteiger partial charge in [0.2, 0.25) is 0 Å². The number of methoxy groups -OCH3 is 2. The van der Waals surface area contributed by atoms with Crippen LogP contribution in [0.1, 0.15) is 23.6 Å². The van der Waals surface area contributed by atoms with Crippen molar-refractivity contribution in [2.75, 3.05) is 18.9 Å². The first-order valence-electron chi connectivity index (χ1n) is 9.92. The number of rotatable bonds is 9. The van der Waals surface area contributed by atoms with Crippen LogP contribution in [0.5, 0.6) is 11.5 Å². The second-order valence-corrected chi connectivity index (χ2v) is 7.84. The van der Waals surface area contributed by atoms with E-state index in [4.69, 9.17) is 19.7 Å². The van der Waals surface area contributed by atoms with Gasteiger partial charge in [0.05, 0.1) is 31.9 Å². The van der Waals surface area contributed by atoms with Crippen molar-refractivity contribution in [3.8, 4) is 11.5 Å². The third-order valence-electron chi connectivity index (χ3n) is 4.98. The molecule has 4 rings (SSSR count). The summed E-state index contributed by atoms with van der Waals surface area (Å²) in [5.41, 5.74) is 9.51. The maximum Gasteiger partial charge on any atom is 0.191 e. The van der Waals surface area contributed by atoms with Crippen LogP contribution in [0.25, 0.3) is 11.0 Å². The van der Waals surface area contributed by atoms with Crippen molar-refractivity contribution in [1.29, 1.82) is 0 Å². The predicted octanol–water partition coefficient (Wildman–Crippen LogP) is 4.23. The van der Waals surface area contributed by atoms with Gasteiger partial charge in [0.15, 0.2) is 11.4 Å². The minimum atomic E-state index is 0.461. The molecule has 0 bridgehead atoms. The summed E-state index contributed by atoms with van der Waals surface area (Å²) in [4.78, 5) is 0.975. The summed E-state index contributed by atoms with van der Waals surface area (Å²) in [6.45, 7) is 3.16. The van der Waals surface area contributed by atoms with Crippen LogP contribution in [0, 0.1) is 0 Å². The summed E-state index contributed by atoms with van der Waals surface area (Å²) in [5, 5.41) is 9.34. The highest BCUT2D eigenvalue weighted by Gasteiger charge is 2.17. The number of anilines is 1. The lowest BCUT2D eigenvalue weighted by atomic mass is 10.1. The van der Waals surface area contributed by atoms with E-state index in [2.05, 4.69) is 34.0 Å². The molecular formula is C22H25N5O3S. The second-order valence-electron chi connectivity index (χ2n) is 7.00. The van der Waals surface area contributed by atoms with Gasteiger partial charge in [0.25, 0.3) is 0 Å². The third-order valence-corrected chi connectivity index (χ3v) is 5.81. The zero-order valence-corrected chi connectivity index (χ0v) is 18.5. The molecule has 0 fully saturated rings. The molecule has 0 unspecified atom stereocenters. The zero-order valence-electron chi connectivity index (χ0n) is 17.7. The van der Waals surface area contributed by atoms with Gasteiger partial charge in [-0.25, -0.2) is 0 Å². The van der Waals surface area contributed by atoms with Crippen LogP contribution >= 0.6 is 11.9 Å². The Bertz CT molecular complexity index is 1190. The maximum absolute atomic E-state index is 5.67. The molecular weight excluding hydrogens is 414 g/mol. The average molecular weight is 440 g/mol. The molecule has 0 saturated carbocycles. The molecule has 9 heteroatoms. The first-order valence-corrected chi connectivity index (χ1v) is 10.7. The number of nitrogens with zero attached hydrogens (tertiary/aromatic N) is 3. The van der Waals surface area contributed by atoms with Crippen molar-refractivity contribution in [3.05, 3.63) is 59.4 Å². The summed E-state index contributed by atoms with van der Waals surface area (Å²) in [6.07, 6.45) is 4.65. The summed E-state index contributed by atoms with van der Waals surface area (Å²) >= 11 is 1.43. The van der Waals surface area contributed by atoms with Gasteiger partial charge in [-0.3, -0.25) is 4.68 Å². The van der Waals surface area contributed by atoms with Gasteiger partial charge in [-0.1, -0.05) is 18.1 Å². The third kappa shape index (κ3) is 4.47. The van der Waals surface area contributed by atoms with Gasteiger partial charge >= 0.3 is 0 Å².